The number of benzene rings is 1. The average molecular weight is 534 g/mol. The molecule has 0 radical (unpaired) electrons. The highest BCUT2D eigenvalue weighted by Gasteiger charge is 2.36. The van der Waals surface area contributed by atoms with Crippen molar-refractivity contribution in [2.75, 3.05) is 31.1 Å². The van der Waals surface area contributed by atoms with Crippen LogP contribution in [0.4, 0.5) is 18.9 Å². The van der Waals surface area contributed by atoms with Gasteiger partial charge in [-0.25, -0.2) is 9.78 Å². The number of rotatable bonds is 3. The molecule has 1 fully saturated rings. The second kappa shape index (κ2) is 9.31. The third-order valence-electron chi connectivity index (χ3n) is 6.79. The zero-order valence-electron chi connectivity index (χ0n) is 20.7. The van der Waals surface area contributed by atoms with E-state index in [-0.39, 0.29) is 27.8 Å². The lowest BCUT2D eigenvalue weighted by Crippen LogP contribution is -2.44. The maximum absolute atomic E-state index is 14.3. The van der Waals surface area contributed by atoms with E-state index >= 15 is 0 Å². The van der Waals surface area contributed by atoms with E-state index in [0.29, 0.717) is 43.0 Å². The van der Waals surface area contributed by atoms with E-state index in [2.05, 4.69) is 25.3 Å². The number of alkyl halides is 3. The first-order chi connectivity index (χ1) is 18.7. The standard InChI is InChI=1S/C27H22F3N7O2/c1-15-2-3-16(13-32-15)20-5-6-21-23(34-20)24-18(14-33-21)25(38)35-26(39)37(24)17-4-7-22(19(12-17)27(28,29)30)36-10-8-31-9-11-36/h2-7,12-14,31H,8-11H2,1H3,(H,35,38,39). The monoisotopic (exact) mass is 533 g/mol. The van der Waals surface area contributed by atoms with Gasteiger partial charge in [-0.2, -0.15) is 13.2 Å². The largest absolute Gasteiger partial charge is 0.418 e. The van der Waals surface area contributed by atoms with Crippen molar-refractivity contribution < 1.29 is 13.2 Å². The van der Waals surface area contributed by atoms with Gasteiger partial charge in [0.2, 0.25) is 0 Å². The molecule has 1 saturated heterocycles. The molecule has 39 heavy (non-hydrogen) atoms. The van der Waals surface area contributed by atoms with Crippen molar-refractivity contribution >= 4 is 27.6 Å². The number of aryl methyl sites for hydroxylation is 1. The van der Waals surface area contributed by atoms with E-state index < -0.39 is 23.0 Å². The van der Waals surface area contributed by atoms with Crippen LogP contribution in [0.3, 0.4) is 0 Å². The molecule has 0 spiro atoms. The van der Waals surface area contributed by atoms with Crippen LogP contribution >= 0.6 is 0 Å². The van der Waals surface area contributed by atoms with Crippen molar-refractivity contribution in [1.82, 2.24) is 29.8 Å². The van der Waals surface area contributed by atoms with Crippen molar-refractivity contribution in [2.45, 2.75) is 13.1 Å². The molecule has 2 N–H and O–H groups in total. The van der Waals surface area contributed by atoms with Crippen LogP contribution in [0.2, 0.25) is 0 Å². The molecule has 5 heterocycles. The molecule has 5 aromatic rings. The maximum Gasteiger partial charge on any atom is 0.418 e. The van der Waals surface area contributed by atoms with Gasteiger partial charge < -0.3 is 10.2 Å². The Bertz CT molecular complexity index is 1840. The van der Waals surface area contributed by atoms with Gasteiger partial charge in [0.1, 0.15) is 5.52 Å². The normalized spacial score (nSPS) is 14.3. The van der Waals surface area contributed by atoms with Crippen LogP contribution in [-0.4, -0.2) is 50.7 Å². The molecule has 0 saturated carbocycles. The first-order valence-electron chi connectivity index (χ1n) is 12.3. The highest BCUT2D eigenvalue weighted by atomic mass is 19.4. The number of hydrogen-bond donors (Lipinski definition) is 2. The fourth-order valence-corrected chi connectivity index (χ4v) is 4.87. The molecule has 198 valence electrons. The second-order valence-electron chi connectivity index (χ2n) is 9.30. The Morgan fingerprint density at radius 2 is 1.74 bits per heavy atom. The predicted molar refractivity (Wildman–Crippen MR) is 141 cm³/mol. The molecule has 0 bridgehead atoms. The summed E-state index contributed by atoms with van der Waals surface area (Å²) in [6.07, 6.45) is -1.74. The summed E-state index contributed by atoms with van der Waals surface area (Å²) in [7, 11) is 0. The van der Waals surface area contributed by atoms with Crippen molar-refractivity contribution in [3.05, 3.63) is 87.0 Å². The predicted octanol–water partition coefficient (Wildman–Crippen LogP) is 3.42. The Balaban J connectivity index is 1.63. The van der Waals surface area contributed by atoms with Crippen LogP contribution in [0.5, 0.6) is 0 Å². The van der Waals surface area contributed by atoms with Crippen molar-refractivity contribution in [2.24, 2.45) is 0 Å². The molecule has 0 amide bonds. The third-order valence-corrected chi connectivity index (χ3v) is 6.79. The van der Waals surface area contributed by atoms with E-state index in [4.69, 9.17) is 0 Å². The first kappa shape index (κ1) is 24.7. The van der Waals surface area contributed by atoms with Crippen LogP contribution in [0.25, 0.3) is 38.9 Å². The molecule has 0 aliphatic carbocycles. The van der Waals surface area contributed by atoms with E-state index in [9.17, 15) is 22.8 Å². The number of hydrogen-bond acceptors (Lipinski definition) is 7. The van der Waals surface area contributed by atoms with Crippen molar-refractivity contribution in [1.29, 1.82) is 0 Å². The van der Waals surface area contributed by atoms with Crippen LogP contribution in [0.15, 0.2) is 64.4 Å². The fraction of sp³-hybridized carbons (Fsp3) is 0.222. The SMILES string of the molecule is Cc1ccc(-c2ccc3ncc4c(=O)[nH]c(=O)n(-c5ccc(N6CCNCC6)c(C(F)(F)F)c5)c4c3n2)cn1. The minimum Gasteiger partial charge on any atom is -0.368 e. The Labute approximate surface area is 219 Å². The number of fused-ring (bicyclic) bond motifs is 3. The van der Waals surface area contributed by atoms with Crippen LogP contribution < -0.4 is 21.5 Å². The quantitative estimate of drug-likeness (QED) is 0.342. The van der Waals surface area contributed by atoms with Crippen LogP contribution in [0.1, 0.15) is 11.3 Å². The number of aromatic amines is 1. The van der Waals surface area contributed by atoms with Crippen molar-refractivity contribution in [3.8, 4) is 16.9 Å². The molecule has 4 aromatic heterocycles. The second-order valence-corrected chi connectivity index (χ2v) is 9.30. The Kier molecular flexibility index (Phi) is 5.91. The van der Waals surface area contributed by atoms with E-state index in [1.54, 1.807) is 23.2 Å². The molecule has 1 aliphatic rings. The number of aromatic nitrogens is 5. The minimum atomic E-state index is -4.68. The van der Waals surface area contributed by atoms with Gasteiger partial charge in [0.15, 0.2) is 0 Å². The lowest BCUT2D eigenvalue weighted by molar-refractivity contribution is -0.137. The molecule has 9 nitrogen and oxygen atoms in total. The summed E-state index contributed by atoms with van der Waals surface area (Å²) in [5, 5.41) is 3.15. The molecule has 0 unspecified atom stereocenters. The van der Waals surface area contributed by atoms with Gasteiger partial charge in [-0.15, -0.1) is 0 Å². The summed E-state index contributed by atoms with van der Waals surface area (Å²) in [5.74, 6) is 0. The third kappa shape index (κ3) is 4.42. The fourth-order valence-electron chi connectivity index (χ4n) is 4.87. The summed E-state index contributed by atoms with van der Waals surface area (Å²) in [6, 6.07) is 10.8. The number of H-pyrrole nitrogens is 1. The van der Waals surface area contributed by atoms with E-state index in [0.717, 1.165) is 16.3 Å². The highest BCUT2D eigenvalue weighted by Crippen LogP contribution is 2.38. The van der Waals surface area contributed by atoms with Crippen LogP contribution in [0, 0.1) is 6.92 Å². The van der Waals surface area contributed by atoms with Gasteiger partial charge in [-0.05, 0) is 49.4 Å². The summed E-state index contributed by atoms with van der Waals surface area (Å²) in [5.41, 5.74) is 0.183. The number of halogens is 3. The number of pyridine rings is 3. The molecular weight excluding hydrogens is 511 g/mol. The average Bonchev–Trinajstić information content (AvgIpc) is 2.93. The topological polar surface area (TPSA) is 109 Å². The Morgan fingerprint density at radius 3 is 2.46 bits per heavy atom. The number of nitrogens with one attached hydrogen (secondary N) is 2. The summed E-state index contributed by atoms with van der Waals surface area (Å²) in [4.78, 5) is 43.1. The molecular formula is C27H22F3N7O2. The summed E-state index contributed by atoms with van der Waals surface area (Å²) in [6.45, 7) is 3.81. The number of anilines is 1. The molecule has 1 aromatic carbocycles. The molecule has 6 rings (SSSR count). The zero-order chi connectivity index (χ0) is 27.3. The van der Waals surface area contributed by atoms with Crippen molar-refractivity contribution in [3.63, 3.8) is 0 Å². The summed E-state index contributed by atoms with van der Waals surface area (Å²) < 4.78 is 43.9. The highest BCUT2D eigenvalue weighted by molar-refractivity contribution is 6.01. The summed E-state index contributed by atoms with van der Waals surface area (Å²) >= 11 is 0. The van der Waals surface area contributed by atoms with Gasteiger partial charge in [0.25, 0.3) is 5.56 Å². The smallest absolute Gasteiger partial charge is 0.368 e. The van der Waals surface area contributed by atoms with Gasteiger partial charge >= 0.3 is 11.9 Å². The van der Waals surface area contributed by atoms with E-state index in [1.165, 1.54) is 18.3 Å². The van der Waals surface area contributed by atoms with Gasteiger partial charge in [-0.1, -0.05) is 0 Å². The lowest BCUT2D eigenvalue weighted by Gasteiger charge is -2.31. The molecule has 0 atom stereocenters. The first-order valence-corrected chi connectivity index (χ1v) is 12.3. The lowest BCUT2D eigenvalue weighted by atomic mass is 10.1. The Hall–Kier alpha value is -4.58. The zero-order valence-corrected chi connectivity index (χ0v) is 20.7. The van der Waals surface area contributed by atoms with Crippen LogP contribution in [-0.2, 0) is 6.18 Å². The van der Waals surface area contributed by atoms with E-state index in [1.807, 2.05) is 19.1 Å². The number of nitrogens with zero attached hydrogens (tertiary/aromatic N) is 5. The maximum atomic E-state index is 14.3. The number of piperazine rings is 1. The van der Waals surface area contributed by atoms with Gasteiger partial charge in [-0.3, -0.25) is 24.3 Å². The Morgan fingerprint density at radius 1 is 0.949 bits per heavy atom. The molecule has 1 aliphatic heterocycles. The molecule has 12 heteroatoms. The van der Waals surface area contributed by atoms with Gasteiger partial charge in [0.05, 0.1) is 33.4 Å². The minimum absolute atomic E-state index is 0.0218. The van der Waals surface area contributed by atoms with Gasteiger partial charge in [0, 0.05) is 55.5 Å².